The minimum atomic E-state index is -0.425. The maximum atomic E-state index is 11.4. The smallest absolute Gasteiger partial charge is 0.413 e. The highest BCUT2D eigenvalue weighted by molar-refractivity contribution is 5.87. The lowest BCUT2D eigenvalue weighted by Crippen LogP contribution is -2.25. The van der Waals surface area contributed by atoms with Crippen LogP contribution in [0.1, 0.15) is 0 Å². The molecule has 0 spiro atoms. The van der Waals surface area contributed by atoms with Crippen molar-refractivity contribution in [2.24, 2.45) is 0 Å². The first-order valence-corrected chi connectivity index (χ1v) is 6.41. The van der Waals surface area contributed by atoms with Gasteiger partial charge < -0.3 is 10.1 Å². The number of carbonyl (C=O) groups is 1. The van der Waals surface area contributed by atoms with Gasteiger partial charge in [-0.3, -0.25) is 4.90 Å². The van der Waals surface area contributed by atoms with E-state index in [1.54, 1.807) is 31.3 Å². The van der Waals surface area contributed by atoms with Gasteiger partial charge in [-0.15, -0.1) is 14.8 Å². The summed E-state index contributed by atoms with van der Waals surface area (Å²) in [4.78, 5) is 12.9. The summed E-state index contributed by atoms with van der Waals surface area (Å²) in [5, 5.41) is 18.4. The van der Waals surface area contributed by atoms with Crippen LogP contribution >= 0.6 is 0 Å². The summed E-state index contributed by atoms with van der Waals surface area (Å²) >= 11 is 0. The van der Waals surface area contributed by atoms with E-state index in [0.29, 0.717) is 11.5 Å². The number of nitrogens with zero attached hydrogens (tertiary/aromatic N) is 6. The van der Waals surface area contributed by atoms with Crippen LogP contribution in [0, 0.1) is 0 Å². The van der Waals surface area contributed by atoms with Crippen molar-refractivity contribution in [2.75, 3.05) is 24.4 Å². The van der Waals surface area contributed by atoms with Crippen molar-refractivity contribution in [3.05, 3.63) is 36.4 Å². The van der Waals surface area contributed by atoms with E-state index >= 15 is 0 Å². The molecule has 1 aromatic carbocycles. The van der Waals surface area contributed by atoms with Crippen LogP contribution in [-0.2, 0) is 4.74 Å². The van der Waals surface area contributed by atoms with E-state index in [0.717, 1.165) is 11.4 Å². The van der Waals surface area contributed by atoms with Gasteiger partial charge in [0.25, 0.3) is 0 Å². The van der Waals surface area contributed by atoms with Crippen LogP contribution in [0.5, 0.6) is 0 Å². The first kappa shape index (κ1) is 13.7. The number of hydrogen-bond acceptors (Lipinski definition) is 7. The molecule has 0 saturated heterocycles. The van der Waals surface area contributed by atoms with Crippen molar-refractivity contribution >= 4 is 28.9 Å². The molecule has 0 fully saturated rings. The third-order valence-electron chi connectivity index (χ3n) is 3.05. The second kappa shape index (κ2) is 5.64. The third kappa shape index (κ3) is 2.64. The molecule has 0 unspecified atom stereocenters. The normalized spacial score (nSPS) is 10.5. The fourth-order valence-electron chi connectivity index (χ4n) is 1.87. The Labute approximate surface area is 125 Å². The number of methoxy groups -OCH3 is 1. The van der Waals surface area contributed by atoms with Crippen LogP contribution in [0.2, 0.25) is 0 Å². The monoisotopic (exact) mass is 299 g/mol. The molecule has 2 heterocycles. The number of tetrazole rings is 1. The average molecular weight is 299 g/mol. The summed E-state index contributed by atoms with van der Waals surface area (Å²) in [6.45, 7) is 0. The van der Waals surface area contributed by atoms with Crippen molar-refractivity contribution in [2.45, 2.75) is 0 Å². The van der Waals surface area contributed by atoms with Gasteiger partial charge in [0, 0.05) is 18.4 Å². The van der Waals surface area contributed by atoms with Gasteiger partial charge in [0.15, 0.2) is 11.5 Å². The number of carbonyl (C=O) groups excluding carboxylic acids is 1. The Bertz CT molecular complexity index is 800. The Balaban J connectivity index is 1.76. The standard InChI is InChI=1S/C13H13N7O2/c1-19(13(21)22-2)10-5-3-9(4-6-10)14-11-7-8-12-15-17-18-20(12)16-11/h3-8H,1-2H3,(H,14,16). The maximum absolute atomic E-state index is 11.4. The highest BCUT2D eigenvalue weighted by Crippen LogP contribution is 2.20. The van der Waals surface area contributed by atoms with Gasteiger partial charge in [-0.25, -0.2) is 4.79 Å². The molecule has 22 heavy (non-hydrogen) atoms. The number of fused-ring (bicyclic) bond motifs is 1. The van der Waals surface area contributed by atoms with Gasteiger partial charge in [0.2, 0.25) is 0 Å². The minimum Gasteiger partial charge on any atom is -0.452 e. The summed E-state index contributed by atoms with van der Waals surface area (Å²) in [6, 6.07) is 10.8. The molecule has 0 radical (unpaired) electrons. The van der Waals surface area contributed by atoms with E-state index in [1.807, 2.05) is 12.1 Å². The van der Waals surface area contributed by atoms with Gasteiger partial charge in [0.05, 0.1) is 7.11 Å². The Morgan fingerprint density at radius 1 is 1.23 bits per heavy atom. The van der Waals surface area contributed by atoms with Crippen molar-refractivity contribution in [3.63, 3.8) is 0 Å². The molecular formula is C13H13N7O2. The molecule has 0 bridgehead atoms. The largest absolute Gasteiger partial charge is 0.452 e. The van der Waals surface area contributed by atoms with E-state index in [9.17, 15) is 4.79 Å². The van der Waals surface area contributed by atoms with Gasteiger partial charge in [-0.1, -0.05) is 0 Å². The fourth-order valence-corrected chi connectivity index (χ4v) is 1.87. The van der Waals surface area contributed by atoms with Crippen molar-refractivity contribution < 1.29 is 9.53 Å². The maximum Gasteiger partial charge on any atom is 0.413 e. The zero-order valence-corrected chi connectivity index (χ0v) is 12.0. The molecule has 0 atom stereocenters. The lowest BCUT2D eigenvalue weighted by molar-refractivity contribution is 0.180. The molecule has 9 heteroatoms. The fraction of sp³-hybridized carbons (Fsp3) is 0.154. The molecule has 0 saturated carbocycles. The molecule has 1 N–H and O–H groups in total. The second-order valence-electron chi connectivity index (χ2n) is 4.45. The quantitative estimate of drug-likeness (QED) is 0.782. The van der Waals surface area contributed by atoms with Crippen LogP contribution < -0.4 is 10.2 Å². The van der Waals surface area contributed by atoms with Crippen LogP contribution in [0.3, 0.4) is 0 Å². The molecule has 0 aliphatic rings. The lowest BCUT2D eigenvalue weighted by atomic mass is 10.2. The summed E-state index contributed by atoms with van der Waals surface area (Å²) in [5.41, 5.74) is 2.11. The predicted octanol–water partition coefficient (Wildman–Crippen LogP) is 1.47. The summed E-state index contributed by atoms with van der Waals surface area (Å²) in [6.07, 6.45) is -0.425. The van der Waals surface area contributed by atoms with Crippen molar-refractivity contribution in [1.82, 2.24) is 25.3 Å². The Morgan fingerprint density at radius 2 is 2.00 bits per heavy atom. The highest BCUT2D eigenvalue weighted by Gasteiger charge is 2.10. The van der Waals surface area contributed by atoms with Crippen LogP contribution in [-0.4, -0.2) is 45.5 Å². The average Bonchev–Trinajstić information content (AvgIpc) is 3.02. The van der Waals surface area contributed by atoms with Crippen LogP contribution in [0.15, 0.2) is 36.4 Å². The van der Waals surface area contributed by atoms with Gasteiger partial charge in [0.1, 0.15) is 0 Å². The van der Waals surface area contributed by atoms with E-state index in [2.05, 4.69) is 30.7 Å². The van der Waals surface area contributed by atoms with Crippen molar-refractivity contribution in [3.8, 4) is 0 Å². The summed E-state index contributed by atoms with van der Waals surface area (Å²) in [7, 11) is 2.98. The van der Waals surface area contributed by atoms with E-state index in [1.165, 1.54) is 16.6 Å². The van der Waals surface area contributed by atoms with Crippen LogP contribution in [0.4, 0.5) is 22.0 Å². The first-order chi connectivity index (χ1) is 10.7. The molecule has 112 valence electrons. The van der Waals surface area contributed by atoms with E-state index < -0.39 is 6.09 Å². The SMILES string of the molecule is COC(=O)N(C)c1ccc(Nc2ccc3nnnn3n2)cc1. The number of aromatic nitrogens is 5. The first-order valence-electron chi connectivity index (χ1n) is 6.41. The molecule has 0 aliphatic carbocycles. The predicted molar refractivity (Wildman–Crippen MR) is 79.1 cm³/mol. The molecule has 0 aliphatic heterocycles. The number of hydrogen-bond donors (Lipinski definition) is 1. The zero-order chi connectivity index (χ0) is 15.5. The van der Waals surface area contributed by atoms with E-state index in [4.69, 9.17) is 0 Å². The Morgan fingerprint density at radius 3 is 2.73 bits per heavy atom. The number of anilines is 3. The van der Waals surface area contributed by atoms with Crippen LogP contribution in [0.25, 0.3) is 5.65 Å². The molecule has 3 rings (SSSR count). The second-order valence-corrected chi connectivity index (χ2v) is 4.45. The lowest BCUT2D eigenvalue weighted by Gasteiger charge is -2.16. The van der Waals surface area contributed by atoms with E-state index in [-0.39, 0.29) is 0 Å². The van der Waals surface area contributed by atoms with Gasteiger partial charge in [-0.2, -0.15) is 0 Å². The van der Waals surface area contributed by atoms with Crippen molar-refractivity contribution in [1.29, 1.82) is 0 Å². The molecule has 1 amide bonds. The van der Waals surface area contributed by atoms with Gasteiger partial charge in [-0.05, 0) is 46.8 Å². The molecule has 3 aromatic rings. The van der Waals surface area contributed by atoms with Gasteiger partial charge >= 0.3 is 6.09 Å². The Hall–Kier alpha value is -3.23. The third-order valence-corrected chi connectivity index (χ3v) is 3.05. The number of ether oxygens (including phenoxy) is 1. The summed E-state index contributed by atoms with van der Waals surface area (Å²) in [5.74, 6) is 0.605. The molecule has 2 aromatic heterocycles. The number of nitrogens with one attached hydrogen (secondary N) is 1. The Kier molecular flexibility index (Phi) is 3.52. The number of amides is 1. The highest BCUT2D eigenvalue weighted by atomic mass is 16.5. The topological polar surface area (TPSA) is 97.5 Å². The molecule has 9 nitrogen and oxygen atoms in total. The zero-order valence-electron chi connectivity index (χ0n) is 12.0. The minimum absolute atomic E-state index is 0.425. The number of benzene rings is 1. The molecular weight excluding hydrogens is 286 g/mol. The summed E-state index contributed by atoms with van der Waals surface area (Å²) < 4.78 is 6.00. The number of rotatable bonds is 3.